The average molecular weight is 326 g/mol. The zero-order valence-electron chi connectivity index (χ0n) is 13.8. The number of anilines is 1. The number of hydrogen-bond acceptors (Lipinski definition) is 6. The quantitative estimate of drug-likeness (QED) is 0.814. The third-order valence-electron chi connectivity index (χ3n) is 5.22. The molecule has 0 aromatic carbocycles. The van der Waals surface area contributed by atoms with E-state index in [-0.39, 0.29) is 12.3 Å². The zero-order valence-corrected chi connectivity index (χ0v) is 13.8. The maximum absolute atomic E-state index is 8.69. The number of H-pyrrole nitrogens is 1. The second-order valence-electron chi connectivity index (χ2n) is 6.55. The van der Waals surface area contributed by atoms with Crippen LogP contribution in [0.5, 0.6) is 0 Å². The van der Waals surface area contributed by atoms with Crippen molar-refractivity contribution in [2.75, 3.05) is 11.5 Å². The van der Waals surface area contributed by atoms with Gasteiger partial charge in [0.2, 0.25) is 0 Å². The van der Waals surface area contributed by atoms with E-state index in [0.29, 0.717) is 24.9 Å². The number of amidine groups is 1. The standard InChI is InChI=1S/C17H22N6O/c1-2-11-8-12(24-7-3-5-18)9-13(11)17-22-21-15-10-20-16-14(23(15)17)4-6-19-16/h4,6,10-13,15,19,21H,2-3,7-9H2,1H3/t11-,12-,13?,15?/m1/s1. The molecular formula is C17H22N6O. The van der Waals surface area contributed by atoms with E-state index in [4.69, 9.17) is 10.00 Å². The molecule has 1 fully saturated rings. The number of ether oxygens (including phenoxy) is 1. The Bertz CT molecular complexity index is 702. The summed E-state index contributed by atoms with van der Waals surface area (Å²) < 4.78 is 5.91. The van der Waals surface area contributed by atoms with Crippen LogP contribution < -0.4 is 10.3 Å². The highest BCUT2D eigenvalue weighted by Gasteiger charge is 2.43. The van der Waals surface area contributed by atoms with Crippen LogP contribution in [-0.4, -0.2) is 35.9 Å². The van der Waals surface area contributed by atoms with E-state index in [9.17, 15) is 0 Å². The number of rotatable bonds is 5. The molecule has 7 nitrogen and oxygen atoms in total. The first-order valence-electron chi connectivity index (χ1n) is 8.64. The number of aromatic nitrogens is 1. The Morgan fingerprint density at radius 2 is 2.38 bits per heavy atom. The number of aromatic amines is 1. The Kier molecular flexibility index (Phi) is 3.98. The lowest BCUT2D eigenvalue weighted by molar-refractivity contribution is 0.0587. The van der Waals surface area contributed by atoms with E-state index < -0.39 is 0 Å². The van der Waals surface area contributed by atoms with Gasteiger partial charge in [0.15, 0.2) is 12.0 Å². The fourth-order valence-electron chi connectivity index (χ4n) is 4.07. The smallest absolute Gasteiger partial charge is 0.157 e. The maximum atomic E-state index is 8.69. The van der Waals surface area contributed by atoms with Crippen molar-refractivity contribution in [1.82, 2.24) is 10.4 Å². The molecule has 7 heteroatoms. The number of nitrogens with one attached hydrogen (secondary N) is 2. The molecule has 1 aromatic heterocycles. The highest BCUT2D eigenvalue weighted by Crippen LogP contribution is 2.42. The van der Waals surface area contributed by atoms with Crippen LogP contribution in [0.2, 0.25) is 0 Å². The van der Waals surface area contributed by atoms with Crippen molar-refractivity contribution in [1.29, 1.82) is 5.26 Å². The van der Waals surface area contributed by atoms with Crippen LogP contribution in [0.1, 0.15) is 32.6 Å². The van der Waals surface area contributed by atoms with Gasteiger partial charge in [-0.15, -0.1) is 0 Å². The molecule has 2 N–H and O–H groups in total. The van der Waals surface area contributed by atoms with Gasteiger partial charge in [0.1, 0.15) is 5.84 Å². The first-order chi connectivity index (χ1) is 11.8. The van der Waals surface area contributed by atoms with Gasteiger partial charge in [0, 0.05) is 12.1 Å². The van der Waals surface area contributed by atoms with Gasteiger partial charge in [0.25, 0.3) is 0 Å². The average Bonchev–Trinajstić information content (AvgIpc) is 3.31. The van der Waals surface area contributed by atoms with Crippen LogP contribution in [0.4, 0.5) is 11.5 Å². The molecule has 2 aliphatic heterocycles. The monoisotopic (exact) mass is 326 g/mol. The van der Waals surface area contributed by atoms with Gasteiger partial charge in [-0.25, -0.2) is 4.99 Å². The first-order valence-corrected chi connectivity index (χ1v) is 8.64. The third kappa shape index (κ3) is 2.47. The van der Waals surface area contributed by atoms with Crippen LogP contribution in [0.3, 0.4) is 0 Å². The summed E-state index contributed by atoms with van der Waals surface area (Å²) in [5.74, 6) is 2.90. The highest BCUT2D eigenvalue weighted by molar-refractivity contribution is 6.08. The van der Waals surface area contributed by atoms with Gasteiger partial charge < -0.3 is 9.72 Å². The van der Waals surface area contributed by atoms with Crippen LogP contribution in [0.25, 0.3) is 0 Å². The van der Waals surface area contributed by atoms with Crippen molar-refractivity contribution in [3.63, 3.8) is 0 Å². The lowest BCUT2D eigenvalue weighted by Crippen LogP contribution is -2.45. The minimum atomic E-state index is -0.000589. The maximum Gasteiger partial charge on any atom is 0.157 e. The van der Waals surface area contributed by atoms with E-state index in [2.05, 4.69) is 44.5 Å². The van der Waals surface area contributed by atoms with E-state index in [1.165, 1.54) is 0 Å². The number of hydrogen-bond donors (Lipinski definition) is 2. The summed E-state index contributed by atoms with van der Waals surface area (Å²) in [5.41, 5.74) is 4.27. The highest BCUT2D eigenvalue weighted by atomic mass is 16.5. The molecule has 0 radical (unpaired) electrons. The number of nitrogens with zero attached hydrogens (tertiary/aromatic N) is 4. The summed E-state index contributed by atoms with van der Waals surface area (Å²) in [5, 5.41) is 13.3. The lowest BCUT2D eigenvalue weighted by Gasteiger charge is -2.30. The molecule has 1 aliphatic carbocycles. The van der Waals surface area contributed by atoms with Gasteiger partial charge in [0.05, 0.1) is 37.1 Å². The summed E-state index contributed by atoms with van der Waals surface area (Å²) in [6.07, 6.45) is 7.60. The molecule has 0 amide bonds. The normalized spacial score (nSPS) is 30.5. The van der Waals surface area contributed by atoms with Gasteiger partial charge >= 0.3 is 0 Å². The van der Waals surface area contributed by atoms with Crippen molar-refractivity contribution in [3.05, 3.63) is 12.3 Å². The summed E-state index contributed by atoms with van der Waals surface area (Å²) in [6.45, 7) is 2.76. The second kappa shape index (κ2) is 6.29. The van der Waals surface area contributed by atoms with Crippen LogP contribution >= 0.6 is 0 Å². The molecule has 0 saturated heterocycles. The van der Waals surface area contributed by atoms with Gasteiger partial charge in [-0.3, -0.25) is 10.3 Å². The number of fused-ring (bicyclic) bond motifs is 3. The second-order valence-corrected chi connectivity index (χ2v) is 6.55. The van der Waals surface area contributed by atoms with Crippen molar-refractivity contribution in [2.45, 2.75) is 44.9 Å². The first kappa shape index (κ1) is 15.2. The summed E-state index contributed by atoms with van der Waals surface area (Å²) in [4.78, 5) is 9.87. The Hall–Kier alpha value is -2.33. The Balaban J connectivity index is 1.53. The van der Waals surface area contributed by atoms with Crippen molar-refractivity contribution in [2.24, 2.45) is 21.9 Å². The molecule has 3 aliphatic rings. The summed E-state index contributed by atoms with van der Waals surface area (Å²) in [7, 11) is 0. The summed E-state index contributed by atoms with van der Waals surface area (Å²) in [6, 6.07) is 4.20. The van der Waals surface area contributed by atoms with Gasteiger partial charge in [-0.2, -0.15) is 10.4 Å². The fourth-order valence-corrected chi connectivity index (χ4v) is 4.07. The van der Waals surface area contributed by atoms with Crippen molar-refractivity contribution >= 4 is 23.6 Å². The van der Waals surface area contributed by atoms with Crippen LogP contribution in [-0.2, 0) is 4.74 Å². The van der Waals surface area contributed by atoms with E-state index in [1.807, 2.05) is 12.4 Å². The molecule has 24 heavy (non-hydrogen) atoms. The minimum absolute atomic E-state index is 0.000589. The number of hydrazone groups is 1. The molecule has 2 unspecified atom stereocenters. The molecule has 1 saturated carbocycles. The zero-order chi connectivity index (χ0) is 16.5. The van der Waals surface area contributed by atoms with E-state index >= 15 is 0 Å². The molecule has 1 aromatic rings. The predicted molar refractivity (Wildman–Crippen MR) is 92.3 cm³/mol. The van der Waals surface area contributed by atoms with E-state index in [0.717, 1.165) is 36.6 Å². The predicted octanol–water partition coefficient (Wildman–Crippen LogP) is 2.51. The Morgan fingerprint density at radius 3 is 3.21 bits per heavy atom. The molecule has 0 bridgehead atoms. The molecular weight excluding hydrogens is 304 g/mol. The molecule has 4 rings (SSSR count). The largest absolute Gasteiger partial charge is 0.377 e. The van der Waals surface area contributed by atoms with Crippen molar-refractivity contribution in [3.8, 4) is 6.07 Å². The fraction of sp³-hybridized carbons (Fsp3) is 0.588. The molecule has 3 heterocycles. The lowest BCUT2D eigenvalue weighted by atomic mass is 9.91. The third-order valence-corrected chi connectivity index (χ3v) is 5.22. The minimum Gasteiger partial charge on any atom is -0.377 e. The SMILES string of the molecule is CC[C@@H]1C[C@@H](OCCC#N)CC1C1=NNC2C=Nc3[nH]ccc3N12. The topological polar surface area (TPSA) is 88.8 Å². The Labute approximate surface area is 141 Å². The van der Waals surface area contributed by atoms with E-state index in [1.54, 1.807) is 0 Å². The van der Waals surface area contributed by atoms with Crippen LogP contribution in [0, 0.1) is 23.2 Å². The van der Waals surface area contributed by atoms with Gasteiger partial charge in [-0.05, 0) is 24.8 Å². The molecule has 0 spiro atoms. The van der Waals surface area contributed by atoms with Crippen molar-refractivity contribution < 1.29 is 4.74 Å². The molecule has 126 valence electrons. The van der Waals surface area contributed by atoms with Crippen LogP contribution in [0.15, 0.2) is 22.4 Å². The number of nitriles is 1. The summed E-state index contributed by atoms with van der Waals surface area (Å²) >= 11 is 0. The number of aliphatic imine (C=N–C) groups is 1. The van der Waals surface area contributed by atoms with Gasteiger partial charge in [-0.1, -0.05) is 13.3 Å². The Morgan fingerprint density at radius 1 is 1.46 bits per heavy atom. The molecule has 4 atom stereocenters.